The van der Waals surface area contributed by atoms with E-state index in [1.54, 1.807) is 18.7 Å². The van der Waals surface area contributed by atoms with Gasteiger partial charge in [0.2, 0.25) is 5.91 Å². The highest BCUT2D eigenvalue weighted by molar-refractivity contribution is 7.99. The molecule has 2 aromatic heterocycles. The van der Waals surface area contributed by atoms with E-state index in [1.165, 1.54) is 10.7 Å². The molecule has 0 saturated carbocycles. The van der Waals surface area contributed by atoms with E-state index in [1.807, 2.05) is 60.7 Å². The van der Waals surface area contributed by atoms with Crippen LogP contribution in [0.5, 0.6) is 5.75 Å². The van der Waals surface area contributed by atoms with Crippen molar-refractivity contribution in [3.8, 4) is 11.4 Å². The maximum Gasteiger partial charge on any atom is 0.295 e. The third-order valence-corrected chi connectivity index (χ3v) is 5.93. The van der Waals surface area contributed by atoms with Crippen molar-refractivity contribution in [3.63, 3.8) is 0 Å². The van der Waals surface area contributed by atoms with Crippen LogP contribution in [0.2, 0.25) is 0 Å². The van der Waals surface area contributed by atoms with Crippen LogP contribution in [-0.4, -0.2) is 31.0 Å². The van der Waals surface area contributed by atoms with E-state index in [9.17, 15) is 14.4 Å². The van der Waals surface area contributed by atoms with Crippen LogP contribution >= 0.6 is 11.8 Å². The molecule has 34 heavy (non-hydrogen) atoms. The minimum Gasteiger partial charge on any atom is -0.487 e. The number of ether oxygens (including phenoxy) is 1. The van der Waals surface area contributed by atoms with Crippen LogP contribution in [0.4, 0.5) is 5.69 Å². The van der Waals surface area contributed by atoms with Crippen LogP contribution < -0.4 is 21.2 Å². The molecular formula is C24H23N5O4S. The Hall–Kier alpha value is -4.05. The van der Waals surface area contributed by atoms with Crippen molar-refractivity contribution in [1.82, 2.24) is 19.3 Å². The van der Waals surface area contributed by atoms with E-state index in [0.717, 1.165) is 11.8 Å². The van der Waals surface area contributed by atoms with Crippen LogP contribution in [0, 0.1) is 6.92 Å². The summed E-state index contributed by atoms with van der Waals surface area (Å²) in [6.45, 7) is 1.88. The van der Waals surface area contributed by atoms with Gasteiger partial charge in [-0.05, 0) is 31.2 Å². The molecule has 2 aromatic carbocycles. The number of anilines is 1. The van der Waals surface area contributed by atoms with Crippen LogP contribution in [0.1, 0.15) is 11.4 Å². The number of aromatic nitrogens is 4. The van der Waals surface area contributed by atoms with Gasteiger partial charge in [0.1, 0.15) is 18.0 Å². The van der Waals surface area contributed by atoms with Crippen molar-refractivity contribution in [2.75, 3.05) is 11.1 Å². The van der Waals surface area contributed by atoms with Gasteiger partial charge in [-0.2, -0.15) is 0 Å². The molecule has 0 aliphatic rings. The smallest absolute Gasteiger partial charge is 0.295 e. The molecule has 0 unspecified atom stereocenters. The molecule has 4 aromatic rings. The summed E-state index contributed by atoms with van der Waals surface area (Å²) in [4.78, 5) is 44.5. The number of aromatic amines is 1. The third kappa shape index (κ3) is 5.29. The SMILES string of the molecule is Cc1c(NC(=O)CSc2nc(COc3ccccc3)cc(=O)[nH]2)c(=O)n(-c2ccccc2)n1C. The second kappa shape index (κ2) is 10.3. The molecule has 174 valence electrons. The zero-order valence-electron chi connectivity index (χ0n) is 18.6. The highest BCUT2D eigenvalue weighted by atomic mass is 32.2. The summed E-state index contributed by atoms with van der Waals surface area (Å²) in [5.41, 5.74) is 1.32. The largest absolute Gasteiger partial charge is 0.487 e. The number of para-hydroxylation sites is 2. The third-order valence-electron chi connectivity index (χ3n) is 5.06. The maximum atomic E-state index is 12.9. The zero-order valence-corrected chi connectivity index (χ0v) is 19.5. The van der Waals surface area contributed by atoms with E-state index in [0.29, 0.717) is 28.0 Å². The fourth-order valence-corrected chi connectivity index (χ4v) is 4.02. The Labute approximate surface area is 199 Å². The first kappa shape index (κ1) is 23.1. The Morgan fingerprint density at radius 3 is 2.47 bits per heavy atom. The number of H-pyrrole nitrogens is 1. The molecule has 4 rings (SSSR count). The average Bonchev–Trinajstić information content (AvgIpc) is 3.05. The fourth-order valence-electron chi connectivity index (χ4n) is 3.32. The van der Waals surface area contributed by atoms with Crippen molar-refractivity contribution >= 4 is 23.4 Å². The number of rotatable bonds is 8. The van der Waals surface area contributed by atoms with E-state index in [4.69, 9.17) is 4.74 Å². The number of thioether (sulfide) groups is 1. The summed E-state index contributed by atoms with van der Waals surface area (Å²) in [6, 6.07) is 19.7. The minimum atomic E-state index is -0.385. The molecule has 0 saturated heterocycles. The van der Waals surface area contributed by atoms with Gasteiger partial charge < -0.3 is 15.0 Å². The molecule has 0 fully saturated rings. The molecule has 0 aliphatic carbocycles. The molecular weight excluding hydrogens is 454 g/mol. The number of hydrogen-bond acceptors (Lipinski definition) is 6. The van der Waals surface area contributed by atoms with Gasteiger partial charge in [0.15, 0.2) is 5.16 Å². The first-order valence-corrected chi connectivity index (χ1v) is 11.5. The van der Waals surface area contributed by atoms with Crippen LogP contribution in [0.25, 0.3) is 5.69 Å². The van der Waals surface area contributed by atoms with Gasteiger partial charge in [0.05, 0.1) is 22.8 Å². The quantitative estimate of drug-likeness (QED) is 0.298. The molecule has 9 nitrogen and oxygen atoms in total. The molecule has 10 heteroatoms. The Kier molecular flexibility index (Phi) is 6.98. The number of nitrogens with zero attached hydrogens (tertiary/aromatic N) is 3. The van der Waals surface area contributed by atoms with Crippen molar-refractivity contribution in [2.24, 2.45) is 7.05 Å². The van der Waals surface area contributed by atoms with E-state index >= 15 is 0 Å². The topological polar surface area (TPSA) is 111 Å². The first-order valence-electron chi connectivity index (χ1n) is 10.5. The van der Waals surface area contributed by atoms with Gasteiger partial charge in [-0.25, -0.2) is 9.67 Å². The predicted octanol–water partition coefficient (Wildman–Crippen LogP) is 2.88. The lowest BCUT2D eigenvalue weighted by molar-refractivity contribution is -0.113. The lowest BCUT2D eigenvalue weighted by Gasteiger charge is -2.07. The van der Waals surface area contributed by atoms with E-state index < -0.39 is 0 Å². The van der Waals surface area contributed by atoms with Gasteiger partial charge in [0.25, 0.3) is 11.1 Å². The molecule has 1 amide bonds. The summed E-state index contributed by atoms with van der Waals surface area (Å²) < 4.78 is 8.82. The van der Waals surface area contributed by atoms with Crippen molar-refractivity contribution in [1.29, 1.82) is 0 Å². The second-order valence-corrected chi connectivity index (χ2v) is 8.38. The number of carbonyl (C=O) groups is 1. The summed E-state index contributed by atoms with van der Waals surface area (Å²) in [5, 5.41) is 2.99. The fraction of sp³-hybridized carbons (Fsp3) is 0.167. The number of hydrogen-bond donors (Lipinski definition) is 2. The predicted molar refractivity (Wildman–Crippen MR) is 131 cm³/mol. The van der Waals surface area contributed by atoms with Crippen molar-refractivity contribution in [2.45, 2.75) is 18.7 Å². The van der Waals surface area contributed by atoms with Gasteiger partial charge >= 0.3 is 0 Å². The molecule has 2 N–H and O–H groups in total. The zero-order chi connectivity index (χ0) is 24.1. The lowest BCUT2D eigenvalue weighted by atomic mass is 10.3. The van der Waals surface area contributed by atoms with E-state index in [2.05, 4.69) is 15.3 Å². The molecule has 0 atom stereocenters. The monoisotopic (exact) mass is 477 g/mol. The van der Waals surface area contributed by atoms with Gasteiger partial charge in [-0.15, -0.1) is 0 Å². The second-order valence-electron chi connectivity index (χ2n) is 7.42. The van der Waals surface area contributed by atoms with E-state index in [-0.39, 0.29) is 35.1 Å². The summed E-state index contributed by atoms with van der Waals surface area (Å²) >= 11 is 1.07. The lowest BCUT2D eigenvalue weighted by Crippen LogP contribution is -2.23. The standard InChI is InChI=1S/C24H23N5O4S/c1-16-22(23(32)29(28(16)2)18-9-5-3-6-10-18)26-21(31)15-34-24-25-17(13-20(30)27-24)14-33-19-11-7-4-8-12-19/h3-13H,14-15H2,1-2H3,(H,26,31)(H,25,27,30). The minimum absolute atomic E-state index is 0.0367. The highest BCUT2D eigenvalue weighted by Crippen LogP contribution is 2.17. The molecule has 0 spiro atoms. The highest BCUT2D eigenvalue weighted by Gasteiger charge is 2.18. The summed E-state index contributed by atoms with van der Waals surface area (Å²) in [5.74, 6) is 0.243. The Bertz CT molecular complexity index is 1410. The molecule has 0 aliphatic heterocycles. The Morgan fingerprint density at radius 2 is 1.76 bits per heavy atom. The van der Waals surface area contributed by atoms with Gasteiger partial charge in [-0.3, -0.25) is 19.1 Å². The molecule has 2 heterocycles. The summed E-state index contributed by atoms with van der Waals surface area (Å²) in [6.07, 6.45) is 0. The van der Waals surface area contributed by atoms with Crippen LogP contribution in [-0.2, 0) is 18.4 Å². The van der Waals surface area contributed by atoms with Gasteiger partial charge in [-0.1, -0.05) is 48.2 Å². The number of carbonyl (C=O) groups excluding carboxylic acids is 1. The normalized spacial score (nSPS) is 10.8. The summed E-state index contributed by atoms with van der Waals surface area (Å²) in [7, 11) is 1.76. The molecule has 0 bridgehead atoms. The van der Waals surface area contributed by atoms with Crippen LogP contribution in [0.3, 0.4) is 0 Å². The van der Waals surface area contributed by atoms with Gasteiger partial charge in [0, 0.05) is 13.1 Å². The van der Waals surface area contributed by atoms with Crippen molar-refractivity contribution in [3.05, 3.63) is 98.8 Å². The number of nitrogens with one attached hydrogen (secondary N) is 2. The molecule has 0 radical (unpaired) electrons. The number of amides is 1. The first-order chi connectivity index (χ1) is 16.4. The maximum absolute atomic E-state index is 12.9. The Morgan fingerprint density at radius 1 is 1.09 bits per heavy atom. The van der Waals surface area contributed by atoms with Crippen LogP contribution in [0.15, 0.2) is 81.5 Å². The van der Waals surface area contributed by atoms with Crippen molar-refractivity contribution < 1.29 is 9.53 Å². The number of benzene rings is 2. The Balaban J connectivity index is 1.42. The average molecular weight is 478 g/mol.